The first-order chi connectivity index (χ1) is 14.5. The lowest BCUT2D eigenvalue weighted by Crippen LogP contribution is -2.39. The Bertz CT molecular complexity index is 976. The number of carbonyl (C=O) groups is 2. The fourth-order valence-corrected chi connectivity index (χ4v) is 3.85. The zero-order valence-corrected chi connectivity index (χ0v) is 17.6. The summed E-state index contributed by atoms with van der Waals surface area (Å²) in [5.41, 5.74) is -1.11. The van der Waals surface area contributed by atoms with Gasteiger partial charge in [-0.1, -0.05) is 6.07 Å². The second-order valence-electron chi connectivity index (χ2n) is 8.89. The standard InChI is InChI=1S/C22H25F2N3O4/c1-21(2,3)31-20(30)27-15-6-7-22(10-15,19(28)29)9-13-4-5-17(24)16(8-13)18-25-11-14(23)12-26-18/h4-5,8,11-12,15H,6-7,9-10H2,1-3H3,(H,27,30)(H,28,29)/t15-,22+/m0/s1. The number of aliphatic carboxylic acids is 1. The van der Waals surface area contributed by atoms with Crippen molar-refractivity contribution in [3.05, 3.63) is 47.8 Å². The third-order valence-electron chi connectivity index (χ3n) is 5.22. The van der Waals surface area contributed by atoms with Crippen molar-refractivity contribution in [3.8, 4) is 11.4 Å². The number of aromatic nitrogens is 2. The Hall–Kier alpha value is -3.10. The summed E-state index contributed by atoms with van der Waals surface area (Å²) in [6.07, 6.45) is 2.50. The van der Waals surface area contributed by atoms with Gasteiger partial charge < -0.3 is 15.2 Å². The molecule has 0 radical (unpaired) electrons. The highest BCUT2D eigenvalue weighted by atomic mass is 19.1. The molecule has 7 nitrogen and oxygen atoms in total. The monoisotopic (exact) mass is 433 g/mol. The largest absolute Gasteiger partial charge is 0.481 e. The number of halogens is 2. The molecule has 1 aliphatic carbocycles. The van der Waals surface area contributed by atoms with E-state index >= 15 is 0 Å². The van der Waals surface area contributed by atoms with Crippen molar-refractivity contribution in [3.63, 3.8) is 0 Å². The molecule has 2 N–H and O–H groups in total. The van der Waals surface area contributed by atoms with Crippen molar-refractivity contribution in [2.45, 2.75) is 58.1 Å². The number of alkyl carbamates (subject to hydrolysis) is 1. The van der Waals surface area contributed by atoms with Crippen molar-refractivity contribution in [2.75, 3.05) is 0 Å². The van der Waals surface area contributed by atoms with Gasteiger partial charge in [-0.3, -0.25) is 4.79 Å². The Morgan fingerprint density at radius 3 is 2.55 bits per heavy atom. The number of carboxylic acid groups (broad SMARTS) is 1. The van der Waals surface area contributed by atoms with E-state index in [0.717, 1.165) is 12.4 Å². The minimum atomic E-state index is -1.11. The van der Waals surface area contributed by atoms with Gasteiger partial charge in [0.1, 0.15) is 11.4 Å². The molecule has 3 rings (SSSR count). The summed E-state index contributed by atoms with van der Waals surface area (Å²) in [5.74, 6) is -2.19. The molecule has 1 heterocycles. The second-order valence-corrected chi connectivity index (χ2v) is 8.89. The molecule has 9 heteroatoms. The number of carbonyl (C=O) groups excluding carboxylic acids is 1. The first kappa shape index (κ1) is 22.6. The van der Waals surface area contributed by atoms with Crippen LogP contribution < -0.4 is 5.32 Å². The first-order valence-electron chi connectivity index (χ1n) is 9.97. The minimum Gasteiger partial charge on any atom is -0.481 e. The van der Waals surface area contributed by atoms with E-state index in [-0.39, 0.29) is 30.3 Å². The summed E-state index contributed by atoms with van der Waals surface area (Å²) < 4.78 is 32.7. The van der Waals surface area contributed by atoms with Gasteiger partial charge in [-0.25, -0.2) is 23.5 Å². The van der Waals surface area contributed by atoms with Gasteiger partial charge in [0.2, 0.25) is 0 Å². The molecule has 1 saturated carbocycles. The molecule has 2 atom stereocenters. The highest BCUT2D eigenvalue weighted by Gasteiger charge is 2.46. The molecule has 166 valence electrons. The third-order valence-corrected chi connectivity index (χ3v) is 5.22. The number of hydrogen-bond donors (Lipinski definition) is 2. The fraction of sp³-hybridized carbons (Fsp3) is 0.455. The number of carboxylic acids is 1. The molecule has 1 amide bonds. The van der Waals surface area contributed by atoms with Crippen LogP contribution in [0.1, 0.15) is 45.6 Å². The molecule has 0 unspecified atom stereocenters. The van der Waals surface area contributed by atoms with E-state index in [1.807, 2.05) is 0 Å². The maximum Gasteiger partial charge on any atom is 0.407 e. The smallest absolute Gasteiger partial charge is 0.407 e. The molecule has 0 saturated heterocycles. The second kappa shape index (κ2) is 8.56. The van der Waals surface area contributed by atoms with E-state index in [1.165, 1.54) is 18.2 Å². The predicted octanol–water partition coefficient (Wildman–Crippen LogP) is 4.11. The number of hydrogen-bond acceptors (Lipinski definition) is 5. The highest BCUT2D eigenvalue weighted by Crippen LogP contribution is 2.42. The Balaban J connectivity index is 1.78. The average Bonchev–Trinajstić information content (AvgIpc) is 3.06. The third kappa shape index (κ3) is 5.53. The van der Waals surface area contributed by atoms with E-state index in [0.29, 0.717) is 18.4 Å². The lowest BCUT2D eigenvalue weighted by Gasteiger charge is -2.25. The van der Waals surface area contributed by atoms with Gasteiger partial charge in [0.15, 0.2) is 11.6 Å². The van der Waals surface area contributed by atoms with E-state index in [1.54, 1.807) is 20.8 Å². The van der Waals surface area contributed by atoms with Crippen LogP contribution in [0.4, 0.5) is 13.6 Å². The van der Waals surface area contributed by atoms with Crippen molar-refractivity contribution in [1.82, 2.24) is 15.3 Å². The minimum absolute atomic E-state index is 0.0148. The highest BCUT2D eigenvalue weighted by molar-refractivity contribution is 5.76. The van der Waals surface area contributed by atoms with Crippen LogP contribution >= 0.6 is 0 Å². The van der Waals surface area contributed by atoms with Gasteiger partial charge in [0.05, 0.1) is 23.4 Å². The number of ether oxygens (including phenoxy) is 1. The number of amides is 1. The molecule has 1 aromatic carbocycles. The van der Waals surface area contributed by atoms with E-state index < -0.39 is 34.7 Å². The summed E-state index contributed by atoms with van der Waals surface area (Å²) in [4.78, 5) is 31.8. The number of nitrogens with one attached hydrogen (secondary N) is 1. The van der Waals surface area contributed by atoms with Crippen molar-refractivity contribution in [1.29, 1.82) is 0 Å². The first-order valence-corrected chi connectivity index (χ1v) is 9.97. The van der Waals surface area contributed by atoms with E-state index in [4.69, 9.17) is 4.74 Å². The topological polar surface area (TPSA) is 101 Å². The van der Waals surface area contributed by atoms with Crippen LogP contribution in [0.3, 0.4) is 0 Å². The summed E-state index contributed by atoms with van der Waals surface area (Å²) in [5, 5.41) is 12.7. The van der Waals surface area contributed by atoms with E-state index in [2.05, 4.69) is 15.3 Å². The quantitative estimate of drug-likeness (QED) is 0.736. The summed E-state index contributed by atoms with van der Waals surface area (Å²) in [7, 11) is 0. The SMILES string of the molecule is CC(C)(C)OC(=O)N[C@H]1CC[C@](Cc2ccc(F)c(-c3ncc(F)cn3)c2)(C(=O)O)C1. The Morgan fingerprint density at radius 2 is 1.94 bits per heavy atom. The van der Waals surface area contributed by atoms with Crippen molar-refractivity contribution in [2.24, 2.45) is 5.41 Å². The molecule has 1 fully saturated rings. The molecule has 1 aliphatic rings. The van der Waals surface area contributed by atoms with Crippen molar-refractivity contribution < 1.29 is 28.2 Å². The Morgan fingerprint density at radius 1 is 1.26 bits per heavy atom. The normalized spacial score (nSPS) is 21.0. The van der Waals surface area contributed by atoms with Crippen LogP contribution in [0.5, 0.6) is 0 Å². The van der Waals surface area contributed by atoms with Gasteiger partial charge in [0.25, 0.3) is 0 Å². The fourth-order valence-electron chi connectivity index (χ4n) is 3.85. The molecule has 0 bridgehead atoms. The molecular formula is C22H25F2N3O4. The summed E-state index contributed by atoms with van der Waals surface area (Å²) in [6.45, 7) is 5.25. The number of rotatable bonds is 5. The van der Waals surface area contributed by atoms with Crippen LogP contribution in [-0.2, 0) is 16.0 Å². The van der Waals surface area contributed by atoms with Gasteiger partial charge in [-0.2, -0.15) is 0 Å². The van der Waals surface area contributed by atoms with Crippen molar-refractivity contribution >= 4 is 12.1 Å². The summed E-state index contributed by atoms with van der Waals surface area (Å²) in [6, 6.07) is 3.88. The maximum atomic E-state index is 14.3. The molecule has 2 aromatic rings. The number of nitrogens with zero attached hydrogens (tertiary/aromatic N) is 2. The lowest BCUT2D eigenvalue weighted by molar-refractivity contribution is -0.148. The van der Waals surface area contributed by atoms with E-state index in [9.17, 15) is 23.5 Å². The maximum absolute atomic E-state index is 14.3. The number of benzene rings is 1. The lowest BCUT2D eigenvalue weighted by atomic mass is 9.79. The molecule has 0 spiro atoms. The van der Waals surface area contributed by atoms with Crippen LogP contribution in [0.25, 0.3) is 11.4 Å². The van der Waals surface area contributed by atoms with Crippen LogP contribution in [-0.4, -0.2) is 38.8 Å². The molecule has 31 heavy (non-hydrogen) atoms. The Labute approximate surface area is 178 Å². The van der Waals surface area contributed by atoms with Crippen LogP contribution in [0, 0.1) is 17.0 Å². The summed E-state index contributed by atoms with van der Waals surface area (Å²) >= 11 is 0. The van der Waals surface area contributed by atoms with Crippen LogP contribution in [0.15, 0.2) is 30.6 Å². The Kier molecular flexibility index (Phi) is 6.24. The predicted molar refractivity (Wildman–Crippen MR) is 108 cm³/mol. The molecule has 1 aromatic heterocycles. The van der Waals surface area contributed by atoms with Gasteiger partial charge >= 0.3 is 12.1 Å². The molecular weight excluding hydrogens is 408 g/mol. The molecule has 0 aliphatic heterocycles. The van der Waals surface area contributed by atoms with Gasteiger partial charge in [-0.15, -0.1) is 0 Å². The zero-order chi connectivity index (χ0) is 22.8. The van der Waals surface area contributed by atoms with Gasteiger partial charge in [-0.05, 0) is 64.2 Å². The van der Waals surface area contributed by atoms with Gasteiger partial charge in [0, 0.05) is 6.04 Å². The van der Waals surface area contributed by atoms with Crippen LogP contribution in [0.2, 0.25) is 0 Å². The average molecular weight is 433 g/mol. The zero-order valence-electron chi connectivity index (χ0n) is 17.6.